The fourth-order valence-corrected chi connectivity index (χ4v) is 4.72. The van der Waals surface area contributed by atoms with Gasteiger partial charge in [-0.25, -0.2) is 19.8 Å². The van der Waals surface area contributed by atoms with Gasteiger partial charge in [0, 0.05) is 23.9 Å². The van der Waals surface area contributed by atoms with Gasteiger partial charge in [0.2, 0.25) is 0 Å². The van der Waals surface area contributed by atoms with Crippen LogP contribution >= 0.6 is 0 Å². The van der Waals surface area contributed by atoms with E-state index in [1.807, 2.05) is 0 Å². The topological polar surface area (TPSA) is 73.9 Å². The van der Waals surface area contributed by atoms with E-state index in [4.69, 9.17) is 0 Å². The van der Waals surface area contributed by atoms with Gasteiger partial charge in [0.05, 0.1) is 12.8 Å². The van der Waals surface area contributed by atoms with Crippen molar-refractivity contribution in [3.05, 3.63) is 13.8 Å². The molecule has 0 fully saturated rings. The Bertz CT molecular complexity index is 443. The van der Waals surface area contributed by atoms with Crippen molar-refractivity contribution < 1.29 is 19.8 Å². The summed E-state index contributed by atoms with van der Waals surface area (Å²) >= 11 is 0. The van der Waals surface area contributed by atoms with Crippen LogP contribution in [0.4, 0.5) is 0 Å². The molecule has 0 heterocycles. The van der Waals surface area contributed by atoms with Gasteiger partial charge in [-0.05, 0) is 12.8 Å². The van der Waals surface area contributed by atoms with E-state index in [-0.39, 0.29) is 36.7 Å². The van der Waals surface area contributed by atoms with E-state index in [0.717, 1.165) is 38.5 Å². The van der Waals surface area contributed by atoms with Crippen LogP contribution in [-0.2, 0) is 19.8 Å². The van der Waals surface area contributed by atoms with E-state index >= 15 is 0 Å². The molecule has 0 aromatic carbocycles. The van der Waals surface area contributed by atoms with Crippen molar-refractivity contribution in [1.82, 2.24) is 0 Å². The van der Waals surface area contributed by atoms with Gasteiger partial charge in [-0.15, -0.1) is 0 Å². The molecule has 0 aliphatic rings. The Kier molecular flexibility index (Phi) is 67.6. The normalized spacial score (nSPS) is 9.91. The summed E-state index contributed by atoms with van der Waals surface area (Å²) in [7, 11) is 0. The number of hydrogen-bond donors (Lipinski definition) is 0. The molecule has 0 aromatic rings. The van der Waals surface area contributed by atoms with Gasteiger partial charge < -0.3 is 0 Å². The van der Waals surface area contributed by atoms with Gasteiger partial charge >= 0.3 is 11.9 Å². The van der Waals surface area contributed by atoms with Crippen molar-refractivity contribution in [2.45, 2.75) is 233 Å². The molecule has 0 saturated heterocycles. The number of rotatable bonds is 30. The molecule has 0 spiro atoms. The molecule has 45 heavy (non-hydrogen) atoms. The van der Waals surface area contributed by atoms with E-state index in [2.05, 4.69) is 41.5 Å². The summed E-state index contributed by atoms with van der Waals surface area (Å²) in [6, 6.07) is 0. The summed E-state index contributed by atoms with van der Waals surface area (Å²) in [6.45, 7) is 16.5. The van der Waals surface area contributed by atoms with Crippen molar-refractivity contribution in [3.8, 4) is 0 Å². The summed E-state index contributed by atoms with van der Waals surface area (Å²) in [4.78, 5) is 20.2. The molecular weight excluding hydrogens is 663 g/mol. The van der Waals surface area contributed by atoms with Crippen molar-refractivity contribution in [2.75, 3.05) is 0 Å². The van der Waals surface area contributed by atoms with Crippen molar-refractivity contribution in [1.29, 1.82) is 0 Å². The van der Waals surface area contributed by atoms with Crippen LogP contribution in [0.1, 0.15) is 233 Å². The Morgan fingerprint density at radius 1 is 0.333 bits per heavy atom. The van der Waals surface area contributed by atoms with Gasteiger partial charge in [0.1, 0.15) is 0 Å². The maximum absolute atomic E-state index is 10.1. The van der Waals surface area contributed by atoms with E-state index in [9.17, 15) is 19.8 Å². The number of unbranched alkanes of at least 4 members (excludes halogenated alkanes) is 26. The molecule has 0 amide bonds. The molecule has 8 radical (unpaired) electrons. The monoisotopic (exact) mass is 745 g/mol. The number of carbonyl (C=O) groups excluding carboxylic acids is 2. The first-order valence-corrected chi connectivity index (χ1v) is 19.4. The van der Waals surface area contributed by atoms with E-state index in [1.165, 1.54) is 154 Å². The molecule has 268 valence electrons. The van der Waals surface area contributed by atoms with Crippen molar-refractivity contribution in [3.63, 3.8) is 0 Å². The van der Waals surface area contributed by atoms with Crippen LogP contribution in [0.3, 0.4) is 0 Å². The zero-order valence-corrected chi connectivity index (χ0v) is 34.0. The second-order valence-corrected chi connectivity index (χ2v) is 12.4. The molecular formula is C40H80O4Sn. The van der Waals surface area contributed by atoms with Crippen LogP contribution in [0, 0.1) is 13.8 Å². The predicted octanol–water partition coefficient (Wildman–Crippen LogP) is 13.7. The molecule has 5 heteroatoms. The molecule has 0 atom stereocenters. The fraction of sp³-hybridized carbons (Fsp3) is 0.900. The maximum Gasteiger partial charge on any atom is 0.355 e. The molecule has 0 aliphatic heterocycles. The minimum Gasteiger partial charge on any atom is -0.247 e. The second kappa shape index (κ2) is 56.1. The first-order valence-electron chi connectivity index (χ1n) is 19.4. The zero-order valence-electron chi connectivity index (χ0n) is 31.2. The standard InChI is InChI=1S/2C12H23O2.2C8H17.Sn/c2*1-2-3-4-5-6-7-8-9-10-11-12(13)14;2*1-3-5-7-8-6-4-2;/h2*2-11H2,1H3;2*1,3-8H2,2H3;. The van der Waals surface area contributed by atoms with Crippen LogP contribution in [-0.4, -0.2) is 35.8 Å². The molecule has 0 aromatic heterocycles. The Morgan fingerprint density at radius 3 is 0.689 bits per heavy atom. The fourth-order valence-electron chi connectivity index (χ4n) is 4.72. The first-order chi connectivity index (χ1) is 21.4. The molecule has 0 unspecified atom stereocenters. The number of hydrogen-bond acceptors (Lipinski definition) is 2. The molecule has 0 saturated carbocycles. The Balaban J connectivity index is -0.000000162. The summed E-state index contributed by atoms with van der Waals surface area (Å²) in [5.41, 5.74) is 0. The smallest absolute Gasteiger partial charge is 0.247 e. The summed E-state index contributed by atoms with van der Waals surface area (Å²) in [6.07, 6.45) is 38.3. The zero-order chi connectivity index (χ0) is 33.8. The Labute approximate surface area is 301 Å². The van der Waals surface area contributed by atoms with Crippen molar-refractivity contribution >= 4 is 35.8 Å². The quantitative estimate of drug-likeness (QED) is 0.0543. The van der Waals surface area contributed by atoms with Crippen LogP contribution in [0.5, 0.6) is 0 Å². The van der Waals surface area contributed by atoms with Gasteiger partial charge in [-0.3, -0.25) is 0 Å². The summed E-state index contributed by atoms with van der Waals surface area (Å²) < 4.78 is 0. The third-order valence-electron chi connectivity index (χ3n) is 7.68. The third kappa shape index (κ3) is 75.6. The number of carbonyl (C=O) groups is 2. The molecule has 0 rings (SSSR count). The Morgan fingerprint density at radius 2 is 0.511 bits per heavy atom. The average molecular weight is 744 g/mol. The van der Waals surface area contributed by atoms with Crippen LogP contribution < -0.4 is 0 Å². The van der Waals surface area contributed by atoms with Crippen LogP contribution in [0.15, 0.2) is 0 Å². The van der Waals surface area contributed by atoms with E-state index < -0.39 is 11.9 Å². The van der Waals surface area contributed by atoms with E-state index in [0.29, 0.717) is 0 Å². The Hall–Kier alpha value is -0.261. The predicted molar refractivity (Wildman–Crippen MR) is 198 cm³/mol. The van der Waals surface area contributed by atoms with Crippen LogP contribution in [0.2, 0.25) is 0 Å². The second-order valence-electron chi connectivity index (χ2n) is 12.4. The summed E-state index contributed by atoms with van der Waals surface area (Å²) in [5.74, 6) is -1.82. The minimum atomic E-state index is -0.909. The van der Waals surface area contributed by atoms with Gasteiger partial charge in [-0.2, -0.15) is 0 Å². The minimum absolute atomic E-state index is 0. The third-order valence-corrected chi connectivity index (χ3v) is 7.68. The van der Waals surface area contributed by atoms with E-state index in [1.54, 1.807) is 0 Å². The molecule has 4 nitrogen and oxygen atoms in total. The average Bonchev–Trinajstić information content (AvgIpc) is 3.01. The van der Waals surface area contributed by atoms with Gasteiger partial charge in [0.15, 0.2) is 0 Å². The van der Waals surface area contributed by atoms with Crippen LogP contribution in [0.25, 0.3) is 0 Å². The maximum atomic E-state index is 10.1. The first kappa shape index (κ1) is 54.2. The molecule has 0 bridgehead atoms. The largest absolute Gasteiger partial charge is 0.355 e. The molecule has 0 aliphatic carbocycles. The summed E-state index contributed by atoms with van der Waals surface area (Å²) in [5, 5.41) is 20.2. The van der Waals surface area contributed by atoms with Crippen molar-refractivity contribution in [2.24, 2.45) is 0 Å². The molecule has 0 N–H and O–H groups in total. The van der Waals surface area contributed by atoms with Gasteiger partial charge in [-0.1, -0.05) is 221 Å². The van der Waals surface area contributed by atoms with Gasteiger partial charge in [0.25, 0.3) is 0 Å². The SMILES string of the molecule is CCCCCCCCCCCC([O])=O.CCCCCCCCCCCC([O])=O.[CH2]CCCCCCC.[CH2]CCCCCCC.[Sn].